The summed E-state index contributed by atoms with van der Waals surface area (Å²) in [4.78, 5) is 13.5. The standard InChI is InChI=1S/C16H15FO3S/c17-11-4-1-10(2-5-11)3-6-13-15(16(18)19)12-7-8-20-9-14(12)21-13/h1-2,4-5H,3,6-9H2,(H,18,19). The highest BCUT2D eigenvalue weighted by molar-refractivity contribution is 7.12. The van der Waals surface area contributed by atoms with Gasteiger partial charge >= 0.3 is 5.97 Å². The van der Waals surface area contributed by atoms with Crippen molar-refractivity contribution in [1.82, 2.24) is 0 Å². The fraction of sp³-hybridized carbons (Fsp3) is 0.312. The maximum absolute atomic E-state index is 12.9. The first-order valence-electron chi connectivity index (χ1n) is 6.84. The Morgan fingerprint density at radius 2 is 2.05 bits per heavy atom. The second-order valence-electron chi connectivity index (χ2n) is 5.04. The molecule has 0 amide bonds. The molecule has 0 fully saturated rings. The van der Waals surface area contributed by atoms with Gasteiger partial charge in [-0.1, -0.05) is 12.1 Å². The number of hydrogen-bond acceptors (Lipinski definition) is 3. The molecular weight excluding hydrogens is 291 g/mol. The number of ether oxygens (including phenoxy) is 1. The largest absolute Gasteiger partial charge is 0.478 e. The minimum absolute atomic E-state index is 0.256. The lowest BCUT2D eigenvalue weighted by molar-refractivity contribution is 0.0691. The van der Waals surface area contributed by atoms with Crippen LogP contribution in [0.4, 0.5) is 4.39 Å². The fourth-order valence-corrected chi connectivity index (χ4v) is 3.91. The van der Waals surface area contributed by atoms with E-state index in [-0.39, 0.29) is 5.82 Å². The lowest BCUT2D eigenvalue weighted by Gasteiger charge is -2.12. The zero-order valence-electron chi connectivity index (χ0n) is 11.4. The van der Waals surface area contributed by atoms with Crippen LogP contribution < -0.4 is 0 Å². The van der Waals surface area contributed by atoms with Gasteiger partial charge in [-0.25, -0.2) is 9.18 Å². The number of hydrogen-bond donors (Lipinski definition) is 1. The summed E-state index contributed by atoms with van der Waals surface area (Å²) in [5.74, 6) is -1.11. The van der Waals surface area contributed by atoms with Gasteiger partial charge < -0.3 is 9.84 Å². The summed E-state index contributed by atoms with van der Waals surface area (Å²) < 4.78 is 18.3. The second kappa shape index (κ2) is 5.95. The minimum Gasteiger partial charge on any atom is -0.478 e. The van der Waals surface area contributed by atoms with Crippen LogP contribution in [0, 0.1) is 5.82 Å². The number of aromatic carboxylic acids is 1. The molecule has 0 spiro atoms. The zero-order valence-corrected chi connectivity index (χ0v) is 12.2. The normalized spacial score (nSPS) is 14.0. The first-order chi connectivity index (χ1) is 10.1. The van der Waals surface area contributed by atoms with E-state index in [1.807, 2.05) is 0 Å². The maximum Gasteiger partial charge on any atom is 0.337 e. The Morgan fingerprint density at radius 3 is 2.76 bits per heavy atom. The first kappa shape index (κ1) is 14.2. The topological polar surface area (TPSA) is 46.5 Å². The molecule has 0 saturated carbocycles. The highest BCUT2D eigenvalue weighted by Gasteiger charge is 2.24. The predicted octanol–water partition coefficient (Wildman–Crippen LogP) is 3.44. The number of fused-ring (bicyclic) bond motifs is 1. The smallest absolute Gasteiger partial charge is 0.337 e. The SMILES string of the molecule is O=C(O)c1c(CCc2ccc(F)cc2)sc2c1CCOC2. The highest BCUT2D eigenvalue weighted by atomic mass is 32.1. The fourth-order valence-electron chi connectivity index (χ4n) is 2.62. The molecule has 1 aromatic carbocycles. The van der Waals surface area contributed by atoms with E-state index in [0.717, 1.165) is 20.9 Å². The van der Waals surface area contributed by atoms with Crippen LogP contribution in [-0.4, -0.2) is 17.7 Å². The van der Waals surface area contributed by atoms with Crippen molar-refractivity contribution in [2.24, 2.45) is 0 Å². The molecule has 0 aliphatic carbocycles. The third kappa shape index (κ3) is 2.99. The van der Waals surface area contributed by atoms with Crippen LogP contribution in [0.1, 0.15) is 31.2 Å². The van der Waals surface area contributed by atoms with Gasteiger partial charge in [0.05, 0.1) is 18.8 Å². The van der Waals surface area contributed by atoms with Crippen LogP contribution in [0.15, 0.2) is 24.3 Å². The van der Waals surface area contributed by atoms with Crippen molar-refractivity contribution in [2.75, 3.05) is 6.61 Å². The van der Waals surface area contributed by atoms with Gasteiger partial charge in [0, 0.05) is 9.75 Å². The molecule has 110 valence electrons. The van der Waals surface area contributed by atoms with Crippen LogP contribution in [-0.2, 0) is 30.6 Å². The minimum atomic E-state index is -0.858. The third-order valence-electron chi connectivity index (χ3n) is 3.66. The molecule has 5 heteroatoms. The van der Waals surface area contributed by atoms with Crippen LogP contribution in [0.3, 0.4) is 0 Å². The molecule has 1 aromatic heterocycles. The van der Waals surface area contributed by atoms with Gasteiger partial charge in [-0.3, -0.25) is 0 Å². The van der Waals surface area contributed by atoms with Gasteiger partial charge in [-0.2, -0.15) is 0 Å². The number of rotatable bonds is 4. The molecular formula is C16H15FO3S. The molecule has 0 radical (unpaired) electrons. The number of benzene rings is 1. The summed E-state index contributed by atoms with van der Waals surface area (Å²) in [6.45, 7) is 1.10. The summed E-state index contributed by atoms with van der Waals surface area (Å²) in [6, 6.07) is 6.35. The lowest BCUT2D eigenvalue weighted by atomic mass is 10.0. The molecule has 1 aliphatic rings. The van der Waals surface area contributed by atoms with Crippen molar-refractivity contribution in [3.05, 3.63) is 56.5 Å². The monoisotopic (exact) mass is 306 g/mol. The molecule has 2 heterocycles. The van der Waals surface area contributed by atoms with E-state index in [1.165, 1.54) is 23.5 Å². The average molecular weight is 306 g/mol. The Morgan fingerprint density at radius 1 is 1.29 bits per heavy atom. The summed E-state index contributed by atoms with van der Waals surface area (Å²) in [6.07, 6.45) is 2.04. The maximum atomic E-state index is 12.9. The average Bonchev–Trinajstić information content (AvgIpc) is 2.85. The number of carbonyl (C=O) groups is 1. The van der Waals surface area contributed by atoms with Crippen LogP contribution >= 0.6 is 11.3 Å². The molecule has 2 aromatic rings. The Kier molecular flexibility index (Phi) is 4.03. The Bertz CT molecular complexity index is 661. The molecule has 0 bridgehead atoms. The Balaban J connectivity index is 1.83. The van der Waals surface area contributed by atoms with E-state index < -0.39 is 5.97 Å². The van der Waals surface area contributed by atoms with E-state index in [0.29, 0.717) is 38.0 Å². The van der Waals surface area contributed by atoms with Crippen molar-refractivity contribution in [3.8, 4) is 0 Å². The van der Waals surface area contributed by atoms with E-state index >= 15 is 0 Å². The van der Waals surface area contributed by atoms with E-state index in [2.05, 4.69) is 0 Å². The van der Waals surface area contributed by atoms with Crippen LogP contribution in [0.5, 0.6) is 0 Å². The van der Waals surface area contributed by atoms with E-state index in [4.69, 9.17) is 4.74 Å². The van der Waals surface area contributed by atoms with Crippen LogP contribution in [0.2, 0.25) is 0 Å². The van der Waals surface area contributed by atoms with Crippen LogP contribution in [0.25, 0.3) is 0 Å². The Labute approximate surface area is 126 Å². The molecule has 0 atom stereocenters. The molecule has 21 heavy (non-hydrogen) atoms. The van der Waals surface area contributed by atoms with Crippen molar-refractivity contribution in [2.45, 2.75) is 25.9 Å². The third-order valence-corrected chi connectivity index (χ3v) is 4.93. The summed E-state index contributed by atoms with van der Waals surface area (Å²) in [7, 11) is 0. The molecule has 0 unspecified atom stereocenters. The quantitative estimate of drug-likeness (QED) is 0.941. The Hall–Kier alpha value is -1.72. The van der Waals surface area contributed by atoms with Crippen molar-refractivity contribution in [1.29, 1.82) is 0 Å². The zero-order chi connectivity index (χ0) is 14.8. The van der Waals surface area contributed by atoms with Gasteiger partial charge in [0.2, 0.25) is 0 Å². The predicted molar refractivity (Wildman–Crippen MR) is 78.4 cm³/mol. The van der Waals surface area contributed by atoms with Crippen molar-refractivity contribution >= 4 is 17.3 Å². The molecule has 1 N–H and O–H groups in total. The number of carboxylic acid groups (broad SMARTS) is 1. The summed E-state index contributed by atoms with van der Waals surface area (Å²) in [5.41, 5.74) is 2.41. The molecule has 1 aliphatic heterocycles. The lowest BCUT2D eigenvalue weighted by Crippen LogP contribution is -2.11. The molecule has 3 nitrogen and oxygen atoms in total. The second-order valence-corrected chi connectivity index (χ2v) is 6.23. The van der Waals surface area contributed by atoms with E-state index in [9.17, 15) is 14.3 Å². The molecule has 3 rings (SSSR count). The number of carboxylic acids is 1. The van der Waals surface area contributed by atoms with Gasteiger partial charge in [0.1, 0.15) is 5.82 Å². The van der Waals surface area contributed by atoms with Gasteiger partial charge in [0.25, 0.3) is 0 Å². The summed E-state index contributed by atoms with van der Waals surface area (Å²) in [5, 5.41) is 9.46. The highest BCUT2D eigenvalue weighted by Crippen LogP contribution is 2.33. The summed E-state index contributed by atoms with van der Waals surface area (Å²) >= 11 is 1.53. The van der Waals surface area contributed by atoms with Gasteiger partial charge in [-0.15, -0.1) is 11.3 Å². The van der Waals surface area contributed by atoms with Gasteiger partial charge in [0.15, 0.2) is 0 Å². The number of halogens is 1. The van der Waals surface area contributed by atoms with Gasteiger partial charge in [-0.05, 0) is 42.5 Å². The van der Waals surface area contributed by atoms with Crippen molar-refractivity contribution in [3.63, 3.8) is 0 Å². The number of aryl methyl sites for hydroxylation is 2. The first-order valence-corrected chi connectivity index (χ1v) is 7.65. The van der Waals surface area contributed by atoms with E-state index in [1.54, 1.807) is 12.1 Å². The number of thiophene rings is 1. The molecule has 0 saturated heterocycles. The van der Waals surface area contributed by atoms with Crippen molar-refractivity contribution < 1.29 is 19.0 Å².